The number of hydrogen-bond acceptors (Lipinski definition) is 3. The molecule has 1 unspecified atom stereocenters. The second-order valence-corrected chi connectivity index (χ2v) is 6.01. The summed E-state index contributed by atoms with van der Waals surface area (Å²) in [4.78, 5) is 12.3. The molecule has 1 saturated carbocycles. The topological polar surface area (TPSA) is 64.3 Å². The van der Waals surface area contributed by atoms with E-state index < -0.39 is 0 Å². The first-order chi connectivity index (χ1) is 8.93. The quantitative estimate of drug-likeness (QED) is 0.823. The van der Waals surface area contributed by atoms with Crippen LogP contribution in [0.2, 0.25) is 0 Å². The minimum atomic E-state index is -0.105. The Bertz CT molecular complexity index is 483. The number of para-hydroxylation sites is 1. The standard InChI is InChI=1S/C15H22N2O2/c1-15(2)8-7-10(9-15)17-14(18)11-5-4-6-12(16)13(11)19-3/h4-6,10H,7-9,16H2,1-3H3,(H,17,18). The van der Waals surface area contributed by atoms with Gasteiger partial charge in [-0.3, -0.25) is 4.79 Å². The van der Waals surface area contributed by atoms with Crippen LogP contribution < -0.4 is 15.8 Å². The highest BCUT2D eigenvalue weighted by Gasteiger charge is 2.32. The van der Waals surface area contributed by atoms with Gasteiger partial charge in [-0.1, -0.05) is 19.9 Å². The summed E-state index contributed by atoms with van der Waals surface area (Å²) in [6.07, 6.45) is 3.19. The fourth-order valence-corrected chi connectivity index (χ4v) is 2.78. The molecule has 0 radical (unpaired) electrons. The third kappa shape index (κ3) is 3.00. The van der Waals surface area contributed by atoms with Crippen LogP contribution in [0.15, 0.2) is 18.2 Å². The van der Waals surface area contributed by atoms with Gasteiger partial charge in [0.15, 0.2) is 5.75 Å². The highest BCUT2D eigenvalue weighted by Crippen LogP contribution is 2.37. The fraction of sp³-hybridized carbons (Fsp3) is 0.533. The van der Waals surface area contributed by atoms with Crippen molar-refractivity contribution in [3.05, 3.63) is 23.8 Å². The third-order valence-electron chi connectivity index (χ3n) is 3.80. The molecule has 1 amide bonds. The molecule has 0 saturated heterocycles. The van der Waals surface area contributed by atoms with Crippen molar-refractivity contribution in [3.63, 3.8) is 0 Å². The van der Waals surface area contributed by atoms with Crippen LogP contribution in [-0.2, 0) is 0 Å². The van der Waals surface area contributed by atoms with Crippen molar-refractivity contribution in [1.29, 1.82) is 0 Å². The molecule has 1 aromatic rings. The van der Waals surface area contributed by atoms with E-state index in [1.54, 1.807) is 18.2 Å². The van der Waals surface area contributed by atoms with E-state index in [4.69, 9.17) is 10.5 Å². The Kier molecular flexibility index (Phi) is 3.69. The molecule has 4 heteroatoms. The minimum Gasteiger partial charge on any atom is -0.494 e. The summed E-state index contributed by atoms with van der Waals surface area (Å²) in [6, 6.07) is 5.48. The van der Waals surface area contributed by atoms with Gasteiger partial charge in [-0.25, -0.2) is 0 Å². The summed E-state index contributed by atoms with van der Waals surface area (Å²) in [5, 5.41) is 3.08. The van der Waals surface area contributed by atoms with Crippen molar-refractivity contribution in [2.45, 2.75) is 39.2 Å². The van der Waals surface area contributed by atoms with Crippen LogP contribution in [0.4, 0.5) is 5.69 Å². The molecule has 104 valence electrons. The molecule has 1 aliphatic rings. The van der Waals surface area contributed by atoms with Gasteiger partial charge in [0.05, 0.1) is 18.4 Å². The zero-order valence-corrected chi connectivity index (χ0v) is 11.8. The number of anilines is 1. The number of carbonyl (C=O) groups excluding carboxylic acids is 1. The van der Waals surface area contributed by atoms with Crippen LogP contribution in [0.5, 0.6) is 5.75 Å². The van der Waals surface area contributed by atoms with Crippen molar-refractivity contribution in [2.75, 3.05) is 12.8 Å². The van der Waals surface area contributed by atoms with E-state index in [1.807, 2.05) is 0 Å². The lowest BCUT2D eigenvalue weighted by Crippen LogP contribution is -2.33. The van der Waals surface area contributed by atoms with Gasteiger partial charge in [0.1, 0.15) is 0 Å². The number of amides is 1. The second kappa shape index (κ2) is 5.11. The third-order valence-corrected chi connectivity index (χ3v) is 3.80. The molecule has 3 N–H and O–H groups in total. The molecule has 0 heterocycles. The smallest absolute Gasteiger partial charge is 0.255 e. The number of hydrogen-bond donors (Lipinski definition) is 2. The maximum atomic E-state index is 12.3. The Hall–Kier alpha value is -1.71. The van der Waals surface area contributed by atoms with E-state index in [-0.39, 0.29) is 11.9 Å². The van der Waals surface area contributed by atoms with Crippen LogP contribution >= 0.6 is 0 Å². The van der Waals surface area contributed by atoms with Gasteiger partial charge in [-0.05, 0) is 36.8 Å². The van der Waals surface area contributed by atoms with Gasteiger partial charge in [0, 0.05) is 6.04 Å². The van der Waals surface area contributed by atoms with Crippen LogP contribution in [0.25, 0.3) is 0 Å². The molecule has 0 aromatic heterocycles. The summed E-state index contributed by atoms with van der Waals surface area (Å²) >= 11 is 0. The summed E-state index contributed by atoms with van der Waals surface area (Å²) in [5.41, 5.74) is 7.13. The Morgan fingerprint density at radius 2 is 2.21 bits per heavy atom. The lowest BCUT2D eigenvalue weighted by molar-refractivity contribution is 0.0933. The SMILES string of the molecule is COc1c(N)cccc1C(=O)NC1CCC(C)(C)C1. The number of carbonyl (C=O) groups is 1. The number of nitrogens with two attached hydrogens (primary N) is 1. The number of benzene rings is 1. The van der Waals surface area contributed by atoms with Crippen LogP contribution in [0, 0.1) is 5.41 Å². The van der Waals surface area contributed by atoms with E-state index >= 15 is 0 Å². The minimum absolute atomic E-state index is 0.105. The molecule has 0 aliphatic heterocycles. The highest BCUT2D eigenvalue weighted by molar-refractivity contribution is 5.98. The first kappa shape index (κ1) is 13.7. The summed E-state index contributed by atoms with van der Waals surface area (Å²) in [5.74, 6) is 0.351. The van der Waals surface area contributed by atoms with Crippen molar-refractivity contribution in [1.82, 2.24) is 5.32 Å². The van der Waals surface area contributed by atoms with Gasteiger partial charge < -0.3 is 15.8 Å². The van der Waals surface area contributed by atoms with Gasteiger partial charge in [0.25, 0.3) is 5.91 Å². The van der Waals surface area contributed by atoms with Gasteiger partial charge in [-0.15, -0.1) is 0 Å². The van der Waals surface area contributed by atoms with Gasteiger partial charge in [0.2, 0.25) is 0 Å². The van der Waals surface area contributed by atoms with E-state index in [1.165, 1.54) is 7.11 Å². The van der Waals surface area contributed by atoms with E-state index in [2.05, 4.69) is 19.2 Å². The zero-order chi connectivity index (χ0) is 14.0. The molecule has 1 aliphatic carbocycles. The van der Waals surface area contributed by atoms with Crippen molar-refractivity contribution in [2.24, 2.45) is 5.41 Å². The molecule has 1 aromatic carbocycles. The van der Waals surface area contributed by atoms with Crippen LogP contribution in [-0.4, -0.2) is 19.1 Å². The molecule has 4 nitrogen and oxygen atoms in total. The fourth-order valence-electron chi connectivity index (χ4n) is 2.78. The van der Waals surface area contributed by atoms with Gasteiger partial charge >= 0.3 is 0 Å². The number of nitrogen functional groups attached to an aromatic ring is 1. The number of nitrogens with one attached hydrogen (secondary N) is 1. The van der Waals surface area contributed by atoms with E-state index in [0.29, 0.717) is 22.4 Å². The maximum Gasteiger partial charge on any atom is 0.255 e. The average Bonchev–Trinajstić information content (AvgIpc) is 2.68. The Balaban J connectivity index is 2.11. The summed E-state index contributed by atoms with van der Waals surface area (Å²) < 4.78 is 5.22. The lowest BCUT2D eigenvalue weighted by atomic mass is 9.92. The molecule has 1 fully saturated rings. The average molecular weight is 262 g/mol. The summed E-state index contributed by atoms with van der Waals surface area (Å²) in [6.45, 7) is 4.47. The normalized spacial score (nSPS) is 21.1. The van der Waals surface area contributed by atoms with E-state index in [9.17, 15) is 4.79 Å². The molecular weight excluding hydrogens is 240 g/mol. The van der Waals surface area contributed by atoms with Crippen molar-refractivity contribution < 1.29 is 9.53 Å². The Labute approximate surface area is 114 Å². The van der Waals surface area contributed by atoms with E-state index in [0.717, 1.165) is 19.3 Å². The second-order valence-electron chi connectivity index (χ2n) is 6.01. The van der Waals surface area contributed by atoms with Gasteiger partial charge in [-0.2, -0.15) is 0 Å². The first-order valence-electron chi connectivity index (χ1n) is 6.66. The molecular formula is C15H22N2O2. The van der Waals surface area contributed by atoms with Crippen molar-refractivity contribution in [3.8, 4) is 5.75 Å². The Morgan fingerprint density at radius 1 is 1.47 bits per heavy atom. The molecule has 1 atom stereocenters. The first-order valence-corrected chi connectivity index (χ1v) is 6.66. The highest BCUT2D eigenvalue weighted by atomic mass is 16.5. The number of rotatable bonds is 3. The predicted molar refractivity (Wildman–Crippen MR) is 76.3 cm³/mol. The molecule has 2 rings (SSSR count). The largest absolute Gasteiger partial charge is 0.494 e. The van der Waals surface area contributed by atoms with Crippen LogP contribution in [0.1, 0.15) is 43.5 Å². The zero-order valence-electron chi connectivity index (χ0n) is 11.8. The summed E-state index contributed by atoms with van der Waals surface area (Å²) in [7, 11) is 1.53. The predicted octanol–water partition coefficient (Wildman–Crippen LogP) is 2.59. The lowest BCUT2D eigenvalue weighted by Gasteiger charge is -2.18. The van der Waals surface area contributed by atoms with Crippen molar-refractivity contribution >= 4 is 11.6 Å². The molecule has 19 heavy (non-hydrogen) atoms. The number of ether oxygens (including phenoxy) is 1. The van der Waals surface area contributed by atoms with Crippen LogP contribution in [0.3, 0.4) is 0 Å². The number of methoxy groups -OCH3 is 1. The molecule has 0 bridgehead atoms. The Morgan fingerprint density at radius 3 is 2.79 bits per heavy atom. The molecule has 0 spiro atoms. The monoisotopic (exact) mass is 262 g/mol. The maximum absolute atomic E-state index is 12.3.